The molecular formula is C16H19N3O. The Bertz CT molecular complexity index is 637. The molecule has 2 N–H and O–H groups in total. The number of amides is 1. The molecule has 4 heteroatoms. The van der Waals surface area contributed by atoms with Crippen LogP contribution in [0.3, 0.4) is 0 Å². The summed E-state index contributed by atoms with van der Waals surface area (Å²) in [4.78, 5) is 18.6. The summed E-state index contributed by atoms with van der Waals surface area (Å²) in [6.45, 7) is 6.37. The fraction of sp³-hybridized carbons (Fsp3) is 0.250. The highest BCUT2D eigenvalue weighted by Gasteiger charge is 2.19. The van der Waals surface area contributed by atoms with Crippen molar-refractivity contribution in [2.45, 2.75) is 20.8 Å². The highest BCUT2D eigenvalue weighted by molar-refractivity contribution is 6.07. The first-order chi connectivity index (χ1) is 9.54. The normalized spacial score (nSPS) is 10.3. The number of aryl methyl sites for hydroxylation is 2. The Balaban J connectivity index is 2.45. The second kappa shape index (κ2) is 5.74. The Labute approximate surface area is 119 Å². The second-order valence-corrected chi connectivity index (χ2v) is 4.74. The molecule has 1 amide bonds. The van der Waals surface area contributed by atoms with Crippen molar-refractivity contribution < 1.29 is 4.79 Å². The molecule has 0 saturated carbocycles. The minimum absolute atomic E-state index is 0.0703. The molecule has 0 aliphatic carbocycles. The third kappa shape index (κ3) is 2.64. The van der Waals surface area contributed by atoms with Gasteiger partial charge in [0.15, 0.2) is 0 Å². The minimum Gasteiger partial charge on any atom is -0.397 e. The molecule has 0 atom stereocenters. The van der Waals surface area contributed by atoms with E-state index in [-0.39, 0.29) is 5.91 Å². The van der Waals surface area contributed by atoms with Crippen molar-refractivity contribution in [3.8, 4) is 0 Å². The van der Waals surface area contributed by atoms with Crippen molar-refractivity contribution in [3.63, 3.8) is 0 Å². The fourth-order valence-electron chi connectivity index (χ4n) is 2.20. The number of nitrogen functional groups attached to an aromatic ring is 1. The summed E-state index contributed by atoms with van der Waals surface area (Å²) in [5.41, 5.74) is 9.47. The molecular weight excluding hydrogens is 250 g/mol. The maximum absolute atomic E-state index is 12.7. The van der Waals surface area contributed by atoms with E-state index in [0.717, 1.165) is 11.3 Å². The van der Waals surface area contributed by atoms with Gasteiger partial charge in [-0.2, -0.15) is 0 Å². The van der Waals surface area contributed by atoms with Crippen LogP contribution >= 0.6 is 0 Å². The van der Waals surface area contributed by atoms with Gasteiger partial charge in [-0.15, -0.1) is 0 Å². The SMILES string of the molecule is CCN(C(=O)c1cc(N)cnc1C)c1ccccc1C. The van der Waals surface area contributed by atoms with E-state index < -0.39 is 0 Å². The molecule has 4 nitrogen and oxygen atoms in total. The van der Waals surface area contributed by atoms with E-state index in [4.69, 9.17) is 5.73 Å². The summed E-state index contributed by atoms with van der Waals surface area (Å²) in [5.74, 6) is -0.0703. The third-order valence-electron chi connectivity index (χ3n) is 3.31. The Morgan fingerprint density at radius 1 is 1.30 bits per heavy atom. The van der Waals surface area contributed by atoms with E-state index in [2.05, 4.69) is 4.98 Å². The van der Waals surface area contributed by atoms with Gasteiger partial charge in [-0.05, 0) is 38.5 Å². The van der Waals surface area contributed by atoms with Gasteiger partial charge in [-0.3, -0.25) is 9.78 Å². The molecule has 0 fully saturated rings. The predicted molar refractivity (Wildman–Crippen MR) is 81.9 cm³/mol. The average Bonchev–Trinajstić information content (AvgIpc) is 2.44. The largest absolute Gasteiger partial charge is 0.397 e. The number of nitrogens with two attached hydrogens (primary N) is 1. The minimum atomic E-state index is -0.0703. The zero-order valence-electron chi connectivity index (χ0n) is 12.1. The van der Waals surface area contributed by atoms with Crippen LogP contribution in [0, 0.1) is 13.8 Å². The Morgan fingerprint density at radius 3 is 2.65 bits per heavy atom. The topological polar surface area (TPSA) is 59.2 Å². The maximum Gasteiger partial charge on any atom is 0.260 e. The van der Waals surface area contributed by atoms with E-state index in [1.807, 2.05) is 45.0 Å². The molecule has 0 unspecified atom stereocenters. The Morgan fingerprint density at radius 2 is 2.00 bits per heavy atom. The van der Waals surface area contributed by atoms with Crippen molar-refractivity contribution in [1.82, 2.24) is 4.98 Å². The molecule has 0 radical (unpaired) electrons. The highest BCUT2D eigenvalue weighted by Crippen LogP contribution is 2.22. The van der Waals surface area contributed by atoms with Crippen LogP contribution in [0.1, 0.15) is 28.5 Å². The van der Waals surface area contributed by atoms with Gasteiger partial charge >= 0.3 is 0 Å². The zero-order chi connectivity index (χ0) is 14.7. The number of pyridine rings is 1. The third-order valence-corrected chi connectivity index (χ3v) is 3.31. The van der Waals surface area contributed by atoms with Gasteiger partial charge in [-0.1, -0.05) is 18.2 Å². The summed E-state index contributed by atoms with van der Waals surface area (Å²) in [6, 6.07) is 9.53. The molecule has 0 aliphatic rings. The molecule has 0 bridgehead atoms. The van der Waals surface area contributed by atoms with Gasteiger partial charge in [0.1, 0.15) is 0 Å². The number of carbonyl (C=O) groups is 1. The first-order valence-electron chi connectivity index (χ1n) is 6.64. The van der Waals surface area contributed by atoms with E-state index in [9.17, 15) is 4.79 Å². The Hall–Kier alpha value is -2.36. The zero-order valence-corrected chi connectivity index (χ0v) is 12.1. The first-order valence-corrected chi connectivity index (χ1v) is 6.64. The molecule has 2 rings (SSSR count). The van der Waals surface area contributed by atoms with Crippen LogP contribution in [0.4, 0.5) is 11.4 Å². The van der Waals surface area contributed by atoms with E-state index >= 15 is 0 Å². The van der Waals surface area contributed by atoms with E-state index in [0.29, 0.717) is 23.5 Å². The highest BCUT2D eigenvalue weighted by atomic mass is 16.2. The van der Waals surface area contributed by atoms with Gasteiger partial charge < -0.3 is 10.6 Å². The van der Waals surface area contributed by atoms with E-state index in [1.54, 1.807) is 17.2 Å². The summed E-state index contributed by atoms with van der Waals surface area (Å²) >= 11 is 0. The predicted octanol–water partition coefficient (Wildman–Crippen LogP) is 2.95. The van der Waals surface area contributed by atoms with Crippen LogP contribution in [-0.4, -0.2) is 17.4 Å². The summed E-state index contributed by atoms with van der Waals surface area (Å²) in [7, 11) is 0. The molecule has 0 aliphatic heterocycles. The number of hydrogen-bond acceptors (Lipinski definition) is 3. The van der Waals surface area contributed by atoms with Gasteiger partial charge in [0.2, 0.25) is 0 Å². The second-order valence-electron chi connectivity index (χ2n) is 4.74. The number of hydrogen-bond donors (Lipinski definition) is 1. The number of para-hydroxylation sites is 1. The standard InChI is InChI=1S/C16H19N3O/c1-4-19(15-8-6-5-7-11(15)2)16(20)14-9-13(17)10-18-12(14)3/h5-10H,4,17H2,1-3H3. The maximum atomic E-state index is 12.7. The molecule has 1 heterocycles. The van der Waals surface area contributed by atoms with Gasteiger partial charge in [0.25, 0.3) is 5.91 Å². The van der Waals surface area contributed by atoms with Crippen LogP contribution < -0.4 is 10.6 Å². The lowest BCUT2D eigenvalue weighted by Gasteiger charge is -2.23. The molecule has 0 spiro atoms. The van der Waals surface area contributed by atoms with Gasteiger partial charge in [0.05, 0.1) is 23.1 Å². The molecule has 1 aromatic carbocycles. The number of rotatable bonds is 3. The average molecular weight is 269 g/mol. The van der Waals surface area contributed by atoms with Crippen LogP contribution in [0.5, 0.6) is 0 Å². The monoisotopic (exact) mass is 269 g/mol. The lowest BCUT2D eigenvalue weighted by molar-refractivity contribution is 0.0987. The number of benzene rings is 1. The first kappa shape index (κ1) is 14.1. The van der Waals surface area contributed by atoms with Crippen LogP contribution in [0.15, 0.2) is 36.5 Å². The molecule has 2 aromatic rings. The number of anilines is 2. The van der Waals surface area contributed by atoms with Crippen molar-refractivity contribution in [2.75, 3.05) is 17.2 Å². The number of aromatic nitrogens is 1. The molecule has 0 saturated heterocycles. The number of carbonyl (C=O) groups excluding carboxylic acids is 1. The van der Waals surface area contributed by atoms with Crippen LogP contribution in [-0.2, 0) is 0 Å². The van der Waals surface area contributed by atoms with Gasteiger partial charge in [-0.25, -0.2) is 0 Å². The van der Waals surface area contributed by atoms with Crippen molar-refractivity contribution >= 4 is 17.3 Å². The quantitative estimate of drug-likeness (QED) is 0.932. The van der Waals surface area contributed by atoms with E-state index in [1.165, 1.54) is 0 Å². The lowest BCUT2D eigenvalue weighted by atomic mass is 10.1. The smallest absolute Gasteiger partial charge is 0.260 e. The van der Waals surface area contributed by atoms with Gasteiger partial charge in [0, 0.05) is 12.2 Å². The van der Waals surface area contributed by atoms with Crippen molar-refractivity contribution in [1.29, 1.82) is 0 Å². The fourth-order valence-corrected chi connectivity index (χ4v) is 2.20. The summed E-state index contributed by atoms with van der Waals surface area (Å²) < 4.78 is 0. The Kier molecular flexibility index (Phi) is 4.03. The molecule has 1 aromatic heterocycles. The van der Waals surface area contributed by atoms with Crippen molar-refractivity contribution in [2.24, 2.45) is 0 Å². The van der Waals surface area contributed by atoms with Crippen LogP contribution in [0.25, 0.3) is 0 Å². The van der Waals surface area contributed by atoms with Crippen molar-refractivity contribution in [3.05, 3.63) is 53.3 Å². The molecule has 20 heavy (non-hydrogen) atoms. The molecule has 104 valence electrons. The number of nitrogens with zero attached hydrogens (tertiary/aromatic N) is 2. The summed E-state index contributed by atoms with van der Waals surface area (Å²) in [6.07, 6.45) is 1.57. The van der Waals surface area contributed by atoms with Crippen LogP contribution in [0.2, 0.25) is 0 Å². The lowest BCUT2D eigenvalue weighted by Crippen LogP contribution is -2.32. The summed E-state index contributed by atoms with van der Waals surface area (Å²) in [5, 5.41) is 0.